The van der Waals surface area contributed by atoms with Crippen molar-refractivity contribution in [2.75, 3.05) is 12.9 Å². The van der Waals surface area contributed by atoms with E-state index in [1.54, 1.807) is 19.2 Å². The molecule has 0 spiro atoms. The van der Waals surface area contributed by atoms with E-state index in [9.17, 15) is 4.79 Å². The van der Waals surface area contributed by atoms with E-state index in [1.165, 1.54) is 10.5 Å². The van der Waals surface area contributed by atoms with E-state index in [0.29, 0.717) is 11.7 Å². The number of benzene rings is 2. The Bertz CT molecular complexity index is 793. The number of carboxylic acid groups (broad SMARTS) is 1. The number of thioether (sulfide) groups is 1. The van der Waals surface area contributed by atoms with Gasteiger partial charge in [-0.05, 0) is 30.3 Å². The third kappa shape index (κ3) is 2.77. The first-order valence-electron chi connectivity index (χ1n) is 7.86. The zero-order valence-corrected chi connectivity index (χ0v) is 14.2. The van der Waals surface area contributed by atoms with Crippen LogP contribution in [0.2, 0.25) is 0 Å². The van der Waals surface area contributed by atoms with Gasteiger partial charge in [-0.25, -0.2) is 9.39 Å². The maximum atomic E-state index is 11.0. The van der Waals surface area contributed by atoms with Crippen molar-refractivity contribution in [3.63, 3.8) is 0 Å². The van der Waals surface area contributed by atoms with Gasteiger partial charge in [0.15, 0.2) is 0 Å². The summed E-state index contributed by atoms with van der Waals surface area (Å²) in [4.78, 5) is 12.3. The molecule has 2 aromatic carbocycles. The molecule has 4 rings (SSSR count). The molecule has 2 N–H and O–H groups in total. The molecular formula is C18H19N2O3S+. The maximum absolute atomic E-state index is 11.0. The van der Waals surface area contributed by atoms with Gasteiger partial charge in [0.2, 0.25) is 6.17 Å². The molecule has 0 aliphatic carbocycles. The highest BCUT2D eigenvalue weighted by Gasteiger charge is 2.56. The van der Waals surface area contributed by atoms with Crippen molar-refractivity contribution in [3.05, 3.63) is 59.2 Å². The third-order valence-electron chi connectivity index (χ3n) is 4.72. The molecule has 1 fully saturated rings. The van der Waals surface area contributed by atoms with Crippen LogP contribution in [0, 0.1) is 0 Å². The van der Waals surface area contributed by atoms with Crippen LogP contribution in [0.15, 0.2) is 47.4 Å². The Balaban J connectivity index is 1.58. The van der Waals surface area contributed by atoms with E-state index in [0.717, 1.165) is 34.7 Å². The lowest BCUT2D eigenvalue weighted by Gasteiger charge is -2.17. The third-order valence-corrected chi connectivity index (χ3v) is 5.91. The fourth-order valence-electron chi connectivity index (χ4n) is 3.31. The molecule has 0 aromatic heterocycles. The zero-order valence-electron chi connectivity index (χ0n) is 13.4. The smallest absolute Gasteiger partial charge is 0.335 e. The Morgan fingerprint density at radius 3 is 2.83 bits per heavy atom. The van der Waals surface area contributed by atoms with Crippen LogP contribution in [0.4, 0.5) is 0 Å². The molecule has 5 nitrogen and oxygen atoms in total. The number of nitrogens with zero attached hydrogens (tertiary/aromatic N) is 1. The topological polar surface area (TPSA) is 68.5 Å². The first-order valence-corrected chi connectivity index (χ1v) is 8.85. The van der Waals surface area contributed by atoms with Gasteiger partial charge in [0.25, 0.3) is 0 Å². The van der Waals surface area contributed by atoms with Crippen molar-refractivity contribution < 1.29 is 19.2 Å². The number of ether oxygens (including phenoxy) is 1. The van der Waals surface area contributed by atoms with Crippen LogP contribution in [0.25, 0.3) is 0 Å². The van der Waals surface area contributed by atoms with Gasteiger partial charge in [-0.2, -0.15) is 0 Å². The molecule has 2 aliphatic heterocycles. The SMILES string of the molecule is COc1ccc2c(c1)C[N@@+]1(Cc3ccc(C(=O)O)cc3)N[C@H]1CS2. The summed E-state index contributed by atoms with van der Waals surface area (Å²) < 4.78 is 6.18. The lowest BCUT2D eigenvalue weighted by molar-refractivity contribution is -0.863. The molecule has 2 heterocycles. The van der Waals surface area contributed by atoms with E-state index < -0.39 is 5.97 Å². The zero-order chi connectivity index (χ0) is 16.7. The number of quaternary nitrogens is 1. The number of hydrogen-bond acceptors (Lipinski definition) is 4. The van der Waals surface area contributed by atoms with Gasteiger partial charge in [-0.15, -0.1) is 17.2 Å². The minimum atomic E-state index is -0.886. The normalized spacial score (nSPS) is 24.5. The Labute approximate surface area is 144 Å². The highest BCUT2D eigenvalue weighted by molar-refractivity contribution is 7.99. The Kier molecular flexibility index (Phi) is 3.75. The summed E-state index contributed by atoms with van der Waals surface area (Å²) in [5.74, 6) is 1.04. The lowest BCUT2D eigenvalue weighted by atomic mass is 10.1. The lowest BCUT2D eigenvalue weighted by Crippen LogP contribution is -2.30. The van der Waals surface area contributed by atoms with E-state index in [2.05, 4.69) is 17.6 Å². The van der Waals surface area contributed by atoms with Crippen LogP contribution < -0.4 is 10.2 Å². The number of methoxy groups -OCH3 is 1. The van der Waals surface area contributed by atoms with Crippen molar-refractivity contribution in [1.82, 2.24) is 5.43 Å². The molecule has 6 heteroatoms. The molecule has 2 aliphatic rings. The van der Waals surface area contributed by atoms with Gasteiger partial charge >= 0.3 is 5.97 Å². The van der Waals surface area contributed by atoms with Crippen LogP contribution >= 0.6 is 11.8 Å². The Morgan fingerprint density at radius 2 is 2.12 bits per heavy atom. The van der Waals surface area contributed by atoms with Crippen LogP contribution in [0.3, 0.4) is 0 Å². The number of nitrogens with one attached hydrogen (secondary N) is 1. The van der Waals surface area contributed by atoms with Gasteiger partial charge in [0, 0.05) is 16.0 Å². The molecule has 1 saturated heterocycles. The van der Waals surface area contributed by atoms with E-state index in [1.807, 2.05) is 30.0 Å². The summed E-state index contributed by atoms with van der Waals surface area (Å²) in [6.07, 6.45) is 0.438. The Morgan fingerprint density at radius 1 is 1.33 bits per heavy atom. The molecule has 0 unspecified atom stereocenters. The molecular weight excluding hydrogens is 324 g/mol. The quantitative estimate of drug-likeness (QED) is 0.660. The molecule has 124 valence electrons. The standard InChI is InChI=1S/C18H18N2O3S/c1-23-15-6-7-16-14(8-15)10-20(17(19-20)11-24-16)9-12-2-4-13(5-3-12)18(21)22/h2-8,17,19H,9-11H2,1H3/p+1/t17-,20-/m1/s1. The van der Waals surface area contributed by atoms with Crippen molar-refractivity contribution in [2.24, 2.45) is 0 Å². The predicted molar refractivity (Wildman–Crippen MR) is 91.7 cm³/mol. The van der Waals surface area contributed by atoms with Gasteiger partial charge in [0.1, 0.15) is 18.8 Å². The summed E-state index contributed by atoms with van der Waals surface area (Å²) >= 11 is 1.88. The van der Waals surface area contributed by atoms with Gasteiger partial charge in [0.05, 0.1) is 18.4 Å². The summed E-state index contributed by atoms with van der Waals surface area (Å²) in [7, 11) is 1.69. The van der Waals surface area contributed by atoms with Crippen LogP contribution in [-0.2, 0) is 13.1 Å². The predicted octanol–water partition coefficient (Wildman–Crippen LogP) is 2.86. The highest BCUT2D eigenvalue weighted by Crippen LogP contribution is 2.41. The van der Waals surface area contributed by atoms with Crippen molar-refractivity contribution in [3.8, 4) is 5.75 Å². The number of carboxylic acids is 1. The van der Waals surface area contributed by atoms with Gasteiger partial charge < -0.3 is 9.84 Å². The second-order valence-corrected chi connectivity index (χ2v) is 7.34. The summed E-state index contributed by atoms with van der Waals surface area (Å²) in [6, 6.07) is 13.5. The molecule has 0 saturated carbocycles. The molecule has 0 radical (unpaired) electrons. The maximum Gasteiger partial charge on any atom is 0.335 e. The van der Waals surface area contributed by atoms with Crippen molar-refractivity contribution in [2.45, 2.75) is 24.2 Å². The second kappa shape index (κ2) is 5.81. The largest absolute Gasteiger partial charge is 0.497 e. The molecule has 0 amide bonds. The van der Waals surface area contributed by atoms with Gasteiger partial charge in [-0.3, -0.25) is 0 Å². The van der Waals surface area contributed by atoms with E-state index in [-0.39, 0.29) is 0 Å². The van der Waals surface area contributed by atoms with Crippen molar-refractivity contribution >= 4 is 17.7 Å². The van der Waals surface area contributed by atoms with Gasteiger partial charge in [-0.1, -0.05) is 12.1 Å². The fraction of sp³-hybridized carbons (Fsp3) is 0.278. The molecule has 24 heavy (non-hydrogen) atoms. The summed E-state index contributed by atoms with van der Waals surface area (Å²) in [5.41, 5.74) is 6.38. The monoisotopic (exact) mass is 343 g/mol. The molecule has 0 bridgehead atoms. The number of hydrogen-bond donors (Lipinski definition) is 2. The summed E-state index contributed by atoms with van der Waals surface area (Å²) in [5, 5.41) is 9.02. The molecule has 2 aromatic rings. The second-order valence-electron chi connectivity index (χ2n) is 6.28. The average molecular weight is 343 g/mol. The fourth-order valence-corrected chi connectivity index (χ4v) is 4.48. The average Bonchev–Trinajstić information content (AvgIpc) is 3.27. The Hall–Kier alpha value is -2.02. The van der Waals surface area contributed by atoms with Crippen LogP contribution in [0.1, 0.15) is 21.5 Å². The minimum Gasteiger partial charge on any atom is -0.497 e. The number of aromatic carboxylic acids is 1. The summed E-state index contributed by atoms with van der Waals surface area (Å²) in [6.45, 7) is 1.76. The number of rotatable bonds is 4. The van der Waals surface area contributed by atoms with E-state index in [4.69, 9.17) is 9.84 Å². The number of fused-ring (bicyclic) bond motifs is 2. The van der Waals surface area contributed by atoms with Crippen LogP contribution in [0.5, 0.6) is 5.75 Å². The first kappa shape index (κ1) is 15.5. The number of carbonyl (C=O) groups is 1. The van der Waals surface area contributed by atoms with E-state index >= 15 is 0 Å². The first-order chi connectivity index (χ1) is 11.6. The minimum absolute atomic E-state index is 0.329. The molecule has 2 atom stereocenters. The van der Waals surface area contributed by atoms with Crippen molar-refractivity contribution in [1.29, 1.82) is 0 Å². The highest BCUT2D eigenvalue weighted by atomic mass is 32.2. The van der Waals surface area contributed by atoms with Crippen LogP contribution in [-0.4, -0.2) is 34.7 Å².